The summed E-state index contributed by atoms with van der Waals surface area (Å²) in [5, 5.41) is 0. The second-order valence-electron chi connectivity index (χ2n) is 4.50. The molecule has 0 saturated carbocycles. The topological polar surface area (TPSA) is 33.2 Å². The van der Waals surface area contributed by atoms with Crippen LogP contribution in [-0.2, 0) is 4.79 Å². The van der Waals surface area contributed by atoms with E-state index in [4.69, 9.17) is 0 Å². The molecule has 1 fully saturated rings. The van der Waals surface area contributed by atoms with E-state index in [1.807, 2.05) is 48.5 Å². The van der Waals surface area contributed by atoms with E-state index >= 15 is 0 Å². The van der Waals surface area contributed by atoms with Gasteiger partial charge in [0.25, 0.3) is 0 Å². The molecule has 2 aromatic rings. The summed E-state index contributed by atoms with van der Waals surface area (Å²) < 4.78 is 0. The maximum atomic E-state index is 12.2. The molecule has 94 valence electrons. The zero-order valence-electron chi connectivity index (χ0n) is 10.4. The van der Waals surface area contributed by atoms with Crippen LogP contribution in [0, 0.1) is 5.92 Å². The predicted octanol–water partition coefficient (Wildman–Crippen LogP) is 2.97. The van der Waals surface area contributed by atoms with Crippen LogP contribution in [0.15, 0.2) is 67.4 Å². The summed E-state index contributed by atoms with van der Waals surface area (Å²) in [5.74, 6) is -0.105. The Kier molecular flexibility index (Phi) is 2.88. The summed E-state index contributed by atoms with van der Waals surface area (Å²) in [6.45, 7) is 3.76. The molecule has 0 aliphatic carbocycles. The number of benzene rings is 1. The van der Waals surface area contributed by atoms with Gasteiger partial charge in [0.15, 0.2) is 0 Å². The maximum Gasteiger partial charge on any atom is 0.237 e. The first-order chi connectivity index (χ1) is 9.33. The van der Waals surface area contributed by atoms with Gasteiger partial charge in [0, 0.05) is 11.9 Å². The smallest absolute Gasteiger partial charge is 0.237 e. The molecule has 2 atom stereocenters. The highest BCUT2D eigenvalue weighted by Crippen LogP contribution is 2.42. The molecule has 0 spiro atoms. The molecule has 1 aromatic heterocycles. The summed E-state index contributed by atoms with van der Waals surface area (Å²) in [5.41, 5.74) is 1.80. The Morgan fingerprint density at radius 2 is 1.84 bits per heavy atom. The Labute approximate surface area is 112 Å². The molecule has 2 heterocycles. The number of aromatic nitrogens is 1. The Bertz CT molecular complexity index is 595. The Morgan fingerprint density at radius 1 is 1.11 bits per heavy atom. The summed E-state index contributed by atoms with van der Waals surface area (Å²) >= 11 is 0. The first-order valence-electron chi connectivity index (χ1n) is 6.24. The number of nitrogens with zero attached hydrogens (tertiary/aromatic N) is 2. The number of pyridine rings is 1. The minimum absolute atomic E-state index is 0.0476. The van der Waals surface area contributed by atoms with E-state index in [1.165, 1.54) is 0 Å². The third-order valence-corrected chi connectivity index (χ3v) is 3.42. The van der Waals surface area contributed by atoms with E-state index in [9.17, 15) is 4.79 Å². The van der Waals surface area contributed by atoms with Gasteiger partial charge in [0.2, 0.25) is 5.91 Å². The molecular formula is C16H14N2O. The summed E-state index contributed by atoms with van der Waals surface area (Å²) in [6.07, 6.45) is 3.46. The molecule has 1 aromatic carbocycles. The zero-order valence-corrected chi connectivity index (χ0v) is 10.4. The Balaban J connectivity index is 2.00. The first-order valence-corrected chi connectivity index (χ1v) is 6.24. The molecule has 3 rings (SSSR count). The molecule has 1 aliphatic heterocycles. The van der Waals surface area contributed by atoms with Crippen molar-refractivity contribution < 1.29 is 4.79 Å². The fraction of sp³-hybridized carbons (Fsp3) is 0.125. The van der Waals surface area contributed by atoms with Gasteiger partial charge in [-0.15, -0.1) is 6.58 Å². The lowest BCUT2D eigenvalue weighted by atomic mass is 9.84. The highest BCUT2D eigenvalue weighted by atomic mass is 16.2. The number of rotatable bonds is 3. The van der Waals surface area contributed by atoms with Gasteiger partial charge < -0.3 is 4.90 Å². The first kappa shape index (κ1) is 11.7. The van der Waals surface area contributed by atoms with E-state index in [-0.39, 0.29) is 17.9 Å². The Morgan fingerprint density at radius 3 is 2.47 bits per heavy atom. The summed E-state index contributed by atoms with van der Waals surface area (Å²) in [7, 11) is 0. The van der Waals surface area contributed by atoms with E-state index < -0.39 is 0 Å². The molecule has 3 heteroatoms. The molecule has 0 radical (unpaired) electrons. The van der Waals surface area contributed by atoms with E-state index in [0.29, 0.717) is 0 Å². The lowest BCUT2D eigenvalue weighted by molar-refractivity contribution is -0.128. The number of carbonyl (C=O) groups is 1. The van der Waals surface area contributed by atoms with Crippen LogP contribution in [0.3, 0.4) is 0 Å². The minimum atomic E-state index is -0.185. The standard InChI is InChI=1S/C16H14N2O/c1-2-13-15(14-10-6-7-11-17-14)18(16(13)19)12-8-4-3-5-9-12/h2-11,13,15H,1H2/t13-,15+/m1/s1. The second kappa shape index (κ2) is 4.69. The van der Waals surface area contributed by atoms with Crippen molar-refractivity contribution >= 4 is 11.6 Å². The predicted molar refractivity (Wildman–Crippen MR) is 74.6 cm³/mol. The SMILES string of the molecule is C=C[C@H]1C(=O)N(c2ccccc2)[C@@H]1c1ccccn1. The van der Waals surface area contributed by atoms with Gasteiger partial charge in [-0.2, -0.15) is 0 Å². The van der Waals surface area contributed by atoms with Gasteiger partial charge in [-0.25, -0.2) is 0 Å². The van der Waals surface area contributed by atoms with Crippen LogP contribution in [0.2, 0.25) is 0 Å². The summed E-state index contributed by atoms with van der Waals surface area (Å²) in [4.78, 5) is 18.4. The molecule has 1 amide bonds. The van der Waals surface area contributed by atoms with Crippen molar-refractivity contribution in [1.82, 2.24) is 4.98 Å². The highest BCUT2D eigenvalue weighted by Gasteiger charge is 2.47. The molecule has 0 bridgehead atoms. The van der Waals surface area contributed by atoms with Gasteiger partial charge in [-0.05, 0) is 24.3 Å². The molecule has 1 saturated heterocycles. The number of β-lactam (4-membered cyclic amide) rings is 1. The van der Waals surface area contributed by atoms with Crippen molar-refractivity contribution in [3.05, 3.63) is 73.1 Å². The lowest BCUT2D eigenvalue weighted by Gasteiger charge is -2.45. The molecule has 19 heavy (non-hydrogen) atoms. The van der Waals surface area contributed by atoms with Gasteiger partial charge >= 0.3 is 0 Å². The highest BCUT2D eigenvalue weighted by molar-refractivity contribution is 6.04. The van der Waals surface area contributed by atoms with Gasteiger partial charge in [0.1, 0.15) is 0 Å². The normalized spacial score (nSPS) is 21.9. The third-order valence-electron chi connectivity index (χ3n) is 3.42. The minimum Gasteiger partial charge on any atom is -0.302 e. The Hall–Kier alpha value is -2.42. The zero-order chi connectivity index (χ0) is 13.2. The third kappa shape index (κ3) is 1.83. The second-order valence-corrected chi connectivity index (χ2v) is 4.50. The fourth-order valence-electron chi connectivity index (χ4n) is 2.48. The monoisotopic (exact) mass is 250 g/mol. The molecule has 1 aliphatic rings. The molecular weight excluding hydrogens is 236 g/mol. The number of hydrogen-bond acceptors (Lipinski definition) is 2. The van der Waals surface area contributed by atoms with E-state index in [1.54, 1.807) is 17.2 Å². The fourth-order valence-corrected chi connectivity index (χ4v) is 2.48. The van der Waals surface area contributed by atoms with Gasteiger partial charge in [0.05, 0.1) is 17.7 Å². The molecule has 3 nitrogen and oxygen atoms in total. The van der Waals surface area contributed by atoms with Crippen LogP contribution in [-0.4, -0.2) is 10.9 Å². The van der Waals surface area contributed by atoms with Crippen LogP contribution in [0.1, 0.15) is 11.7 Å². The van der Waals surface area contributed by atoms with Crippen molar-refractivity contribution in [3.8, 4) is 0 Å². The van der Waals surface area contributed by atoms with E-state index in [2.05, 4.69) is 11.6 Å². The number of anilines is 1. The largest absolute Gasteiger partial charge is 0.302 e. The van der Waals surface area contributed by atoms with Crippen molar-refractivity contribution in [3.63, 3.8) is 0 Å². The molecule has 0 unspecified atom stereocenters. The van der Waals surface area contributed by atoms with Gasteiger partial charge in [-0.1, -0.05) is 30.3 Å². The van der Waals surface area contributed by atoms with Crippen LogP contribution in [0.4, 0.5) is 5.69 Å². The average molecular weight is 250 g/mol. The quantitative estimate of drug-likeness (QED) is 0.620. The van der Waals surface area contributed by atoms with Crippen LogP contribution in [0.25, 0.3) is 0 Å². The van der Waals surface area contributed by atoms with Crippen molar-refractivity contribution in [1.29, 1.82) is 0 Å². The number of amides is 1. The number of hydrogen-bond donors (Lipinski definition) is 0. The van der Waals surface area contributed by atoms with Crippen LogP contribution < -0.4 is 4.90 Å². The lowest BCUT2D eigenvalue weighted by Crippen LogP contribution is -2.54. The van der Waals surface area contributed by atoms with Gasteiger partial charge in [-0.3, -0.25) is 9.78 Å². The molecule has 0 N–H and O–H groups in total. The maximum absolute atomic E-state index is 12.2. The summed E-state index contributed by atoms with van der Waals surface area (Å²) in [6, 6.07) is 15.4. The van der Waals surface area contributed by atoms with E-state index in [0.717, 1.165) is 11.4 Å². The number of carbonyl (C=O) groups excluding carboxylic acids is 1. The van der Waals surface area contributed by atoms with Crippen molar-refractivity contribution in [2.75, 3.05) is 4.90 Å². The van der Waals surface area contributed by atoms with Crippen molar-refractivity contribution in [2.24, 2.45) is 5.92 Å². The number of para-hydroxylation sites is 1. The van der Waals surface area contributed by atoms with Crippen LogP contribution >= 0.6 is 0 Å². The van der Waals surface area contributed by atoms with Crippen LogP contribution in [0.5, 0.6) is 0 Å². The average Bonchev–Trinajstić information content (AvgIpc) is 2.47. The van der Waals surface area contributed by atoms with Crippen molar-refractivity contribution in [2.45, 2.75) is 6.04 Å².